The van der Waals surface area contributed by atoms with Gasteiger partial charge in [-0.05, 0) is 54.6 Å². The van der Waals surface area contributed by atoms with E-state index in [-0.39, 0.29) is 11.8 Å². The van der Waals surface area contributed by atoms with Crippen LogP contribution in [0.25, 0.3) is 0 Å². The first kappa shape index (κ1) is 12.6. The van der Waals surface area contributed by atoms with E-state index in [1.54, 1.807) is 26.0 Å². The lowest BCUT2D eigenvalue weighted by Gasteiger charge is -2.16. The average molecular weight is 362 g/mol. The molecule has 1 aliphatic rings. The molecule has 0 aromatic heterocycles. The van der Waals surface area contributed by atoms with Crippen molar-refractivity contribution < 1.29 is 9.59 Å². The normalized spacial score (nSPS) is 16.1. The molecule has 1 aromatic carbocycles. The van der Waals surface area contributed by atoms with E-state index in [1.165, 1.54) is 0 Å². The number of halogens is 2. The summed E-state index contributed by atoms with van der Waals surface area (Å²) in [5.41, 5.74) is 1.40. The van der Waals surface area contributed by atoms with Crippen LogP contribution in [0, 0.1) is 3.57 Å². The number of carbonyl (C=O) groups is 2. The summed E-state index contributed by atoms with van der Waals surface area (Å²) < 4.78 is 0.955. The summed E-state index contributed by atoms with van der Waals surface area (Å²) in [6.07, 6.45) is 0. The van der Waals surface area contributed by atoms with Crippen LogP contribution in [0.1, 0.15) is 13.8 Å². The van der Waals surface area contributed by atoms with Crippen molar-refractivity contribution in [2.75, 3.05) is 4.90 Å². The van der Waals surface area contributed by atoms with Crippen molar-refractivity contribution >= 4 is 51.7 Å². The molecule has 1 heterocycles. The quantitative estimate of drug-likeness (QED) is 0.569. The summed E-state index contributed by atoms with van der Waals surface area (Å²) in [5, 5.41) is 0.404. The van der Waals surface area contributed by atoms with Crippen LogP contribution >= 0.6 is 34.2 Å². The lowest BCUT2D eigenvalue weighted by atomic mass is 10.2. The van der Waals surface area contributed by atoms with Crippen molar-refractivity contribution in [3.05, 3.63) is 37.9 Å². The van der Waals surface area contributed by atoms with E-state index in [2.05, 4.69) is 22.6 Å². The molecule has 5 heteroatoms. The number of amides is 2. The van der Waals surface area contributed by atoms with E-state index in [1.807, 2.05) is 6.07 Å². The minimum atomic E-state index is -0.296. The highest BCUT2D eigenvalue weighted by Crippen LogP contribution is 2.33. The zero-order valence-corrected chi connectivity index (χ0v) is 12.2. The Kier molecular flexibility index (Phi) is 3.27. The molecular weight excluding hydrogens is 352 g/mol. The fourth-order valence-corrected chi connectivity index (χ4v) is 2.57. The Balaban J connectivity index is 2.50. The highest BCUT2D eigenvalue weighted by atomic mass is 127. The molecular formula is C12H9ClINO2. The fourth-order valence-electron chi connectivity index (χ4n) is 1.63. The molecule has 0 radical (unpaired) electrons. The number of hydrogen-bond donors (Lipinski definition) is 0. The second-order valence-electron chi connectivity index (χ2n) is 3.79. The maximum Gasteiger partial charge on any atom is 0.261 e. The highest BCUT2D eigenvalue weighted by Gasteiger charge is 2.35. The topological polar surface area (TPSA) is 37.4 Å². The molecule has 3 nitrogen and oxygen atoms in total. The number of anilines is 1. The van der Waals surface area contributed by atoms with Crippen LogP contribution in [0.3, 0.4) is 0 Å². The first-order valence-corrected chi connectivity index (χ1v) is 6.40. The molecule has 1 aromatic rings. The van der Waals surface area contributed by atoms with E-state index in [4.69, 9.17) is 11.6 Å². The van der Waals surface area contributed by atoms with Gasteiger partial charge in [0, 0.05) is 14.7 Å². The molecule has 2 rings (SSSR count). The molecule has 88 valence electrons. The zero-order chi connectivity index (χ0) is 12.7. The van der Waals surface area contributed by atoms with Crippen LogP contribution in [-0.4, -0.2) is 11.8 Å². The van der Waals surface area contributed by atoms with Crippen LogP contribution in [0.4, 0.5) is 5.69 Å². The van der Waals surface area contributed by atoms with Gasteiger partial charge in [0.1, 0.15) is 0 Å². The molecule has 0 saturated carbocycles. The minimum absolute atomic E-state index is 0.296. The standard InChI is InChI=1S/C12H9ClINO2/c1-6-7(2)12(17)15(11(6)16)10-4-3-8(14)5-9(10)13/h3-5H,1-2H3. The molecule has 17 heavy (non-hydrogen) atoms. The molecule has 0 unspecified atom stereocenters. The van der Waals surface area contributed by atoms with Crippen LogP contribution in [-0.2, 0) is 9.59 Å². The van der Waals surface area contributed by atoms with Crippen LogP contribution in [0.2, 0.25) is 5.02 Å². The van der Waals surface area contributed by atoms with Gasteiger partial charge in [-0.25, -0.2) is 4.90 Å². The highest BCUT2D eigenvalue weighted by molar-refractivity contribution is 14.1. The third kappa shape index (κ3) is 1.99. The molecule has 0 N–H and O–H groups in total. The van der Waals surface area contributed by atoms with E-state index in [0.29, 0.717) is 21.9 Å². The van der Waals surface area contributed by atoms with E-state index in [0.717, 1.165) is 8.47 Å². The summed E-state index contributed by atoms with van der Waals surface area (Å²) in [5.74, 6) is -0.591. The van der Waals surface area contributed by atoms with Crippen molar-refractivity contribution in [3.8, 4) is 0 Å². The van der Waals surface area contributed by atoms with E-state index < -0.39 is 0 Å². The Labute approximate surface area is 118 Å². The second kappa shape index (κ2) is 4.42. The SMILES string of the molecule is CC1=C(C)C(=O)N(c2ccc(I)cc2Cl)C1=O. The molecule has 1 aliphatic heterocycles. The fraction of sp³-hybridized carbons (Fsp3) is 0.167. The maximum atomic E-state index is 12.0. The third-order valence-electron chi connectivity index (χ3n) is 2.76. The van der Waals surface area contributed by atoms with Crippen LogP contribution in [0.15, 0.2) is 29.3 Å². The molecule has 0 atom stereocenters. The lowest BCUT2D eigenvalue weighted by molar-refractivity contribution is -0.120. The predicted molar refractivity (Wildman–Crippen MR) is 75.0 cm³/mol. The van der Waals surface area contributed by atoms with Gasteiger partial charge in [-0.3, -0.25) is 9.59 Å². The zero-order valence-electron chi connectivity index (χ0n) is 9.25. The van der Waals surface area contributed by atoms with E-state index in [9.17, 15) is 9.59 Å². The molecule has 0 spiro atoms. The van der Waals surface area contributed by atoms with Crippen LogP contribution in [0.5, 0.6) is 0 Å². The molecule has 0 fully saturated rings. The number of benzene rings is 1. The summed E-state index contributed by atoms with van der Waals surface area (Å²) in [6, 6.07) is 5.22. The first-order chi connectivity index (χ1) is 7.93. The minimum Gasteiger partial charge on any atom is -0.269 e. The van der Waals surface area contributed by atoms with Crippen molar-refractivity contribution in [1.29, 1.82) is 0 Å². The van der Waals surface area contributed by atoms with Crippen molar-refractivity contribution in [2.45, 2.75) is 13.8 Å². The van der Waals surface area contributed by atoms with Gasteiger partial charge in [0.05, 0.1) is 10.7 Å². The number of nitrogens with zero attached hydrogens (tertiary/aromatic N) is 1. The van der Waals surface area contributed by atoms with Gasteiger partial charge in [0.15, 0.2) is 0 Å². The third-order valence-corrected chi connectivity index (χ3v) is 3.73. The monoisotopic (exact) mass is 361 g/mol. The summed E-state index contributed by atoms with van der Waals surface area (Å²) in [4.78, 5) is 25.0. The van der Waals surface area contributed by atoms with Gasteiger partial charge >= 0.3 is 0 Å². The molecule has 0 bridgehead atoms. The summed E-state index contributed by atoms with van der Waals surface area (Å²) >= 11 is 8.19. The smallest absolute Gasteiger partial charge is 0.261 e. The predicted octanol–water partition coefficient (Wildman–Crippen LogP) is 3.15. The van der Waals surface area contributed by atoms with Crippen molar-refractivity contribution in [2.24, 2.45) is 0 Å². The van der Waals surface area contributed by atoms with Gasteiger partial charge < -0.3 is 0 Å². The Bertz CT molecular complexity index is 542. The van der Waals surface area contributed by atoms with Crippen molar-refractivity contribution in [1.82, 2.24) is 0 Å². The van der Waals surface area contributed by atoms with Gasteiger partial charge in [-0.15, -0.1) is 0 Å². The second-order valence-corrected chi connectivity index (χ2v) is 5.44. The van der Waals surface area contributed by atoms with Gasteiger partial charge in [-0.2, -0.15) is 0 Å². The summed E-state index contributed by atoms with van der Waals surface area (Å²) in [6.45, 7) is 3.30. The maximum absolute atomic E-state index is 12.0. The average Bonchev–Trinajstić information content (AvgIpc) is 2.45. The van der Waals surface area contributed by atoms with Crippen LogP contribution < -0.4 is 4.90 Å². The Hall–Kier alpha value is -0.880. The van der Waals surface area contributed by atoms with Gasteiger partial charge in [0.25, 0.3) is 11.8 Å². The number of carbonyl (C=O) groups excluding carboxylic acids is 2. The number of rotatable bonds is 1. The lowest BCUT2D eigenvalue weighted by Crippen LogP contribution is -2.31. The number of imide groups is 1. The van der Waals surface area contributed by atoms with Gasteiger partial charge in [-0.1, -0.05) is 11.6 Å². The van der Waals surface area contributed by atoms with Gasteiger partial charge in [0.2, 0.25) is 0 Å². The Morgan fingerprint density at radius 3 is 2.12 bits per heavy atom. The largest absolute Gasteiger partial charge is 0.269 e. The van der Waals surface area contributed by atoms with Crippen molar-refractivity contribution in [3.63, 3.8) is 0 Å². The molecule has 2 amide bonds. The molecule has 0 aliphatic carbocycles. The number of hydrogen-bond acceptors (Lipinski definition) is 2. The molecule has 0 saturated heterocycles. The Morgan fingerprint density at radius 1 is 1.12 bits per heavy atom. The summed E-state index contributed by atoms with van der Waals surface area (Å²) in [7, 11) is 0. The first-order valence-electron chi connectivity index (χ1n) is 4.95. The Morgan fingerprint density at radius 2 is 1.65 bits per heavy atom. The van der Waals surface area contributed by atoms with E-state index >= 15 is 0 Å².